The second-order valence-electron chi connectivity index (χ2n) is 9.92. The molecule has 2 aromatic carbocycles. The summed E-state index contributed by atoms with van der Waals surface area (Å²) in [5, 5.41) is 8.83. The SMILES string of the molecule is Cc1ccc(S(=O)(=O)NN=C2[C@H]3C=C[C@H]4C(=NNS(=O)(=O)c5ccc(C)cc5)[C@@H]5C=C[C@H]2C5C34)cc1. The van der Waals surface area contributed by atoms with E-state index >= 15 is 0 Å². The van der Waals surface area contributed by atoms with Crippen molar-refractivity contribution in [1.29, 1.82) is 0 Å². The molecular formula is C26H26N4O4S2. The highest BCUT2D eigenvalue weighted by Gasteiger charge is 2.62. The van der Waals surface area contributed by atoms with E-state index in [1.54, 1.807) is 48.5 Å². The fraction of sp³-hybridized carbons (Fsp3) is 0.308. The highest BCUT2D eigenvalue weighted by molar-refractivity contribution is 7.89. The lowest BCUT2D eigenvalue weighted by Crippen LogP contribution is -2.26. The zero-order chi connectivity index (χ0) is 25.2. The Morgan fingerprint density at radius 1 is 0.556 bits per heavy atom. The van der Waals surface area contributed by atoms with Gasteiger partial charge in [-0.25, -0.2) is 9.66 Å². The third-order valence-electron chi connectivity index (χ3n) is 7.77. The Hall–Kier alpha value is -3.24. The van der Waals surface area contributed by atoms with Crippen LogP contribution in [0, 0.1) is 49.4 Å². The first-order valence-electron chi connectivity index (χ1n) is 11.8. The van der Waals surface area contributed by atoms with Crippen molar-refractivity contribution in [2.24, 2.45) is 45.7 Å². The summed E-state index contributed by atoms with van der Waals surface area (Å²) < 4.78 is 51.1. The molecule has 2 fully saturated rings. The summed E-state index contributed by atoms with van der Waals surface area (Å²) in [6, 6.07) is 13.3. The Morgan fingerprint density at radius 2 is 0.861 bits per heavy atom. The van der Waals surface area contributed by atoms with Crippen LogP contribution in [0.25, 0.3) is 0 Å². The first-order valence-corrected chi connectivity index (χ1v) is 14.8. The van der Waals surface area contributed by atoms with Crippen LogP contribution in [-0.4, -0.2) is 28.3 Å². The number of benzene rings is 2. The summed E-state index contributed by atoms with van der Waals surface area (Å²) in [4.78, 5) is 5.22. The van der Waals surface area contributed by atoms with Gasteiger partial charge in [-0.1, -0.05) is 59.7 Å². The van der Waals surface area contributed by atoms with Crippen molar-refractivity contribution in [1.82, 2.24) is 9.66 Å². The molecule has 186 valence electrons. The molecule has 0 amide bonds. The van der Waals surface area contributed by atoms with Gasteiger partial charge in [0.25, 0.3) is 20.0 Å². The van der Waals surface area contributed by atoms with Crippen LogP contribution in [0.15, 0.2) is 92.8 Å². The number of nitrogens with one attached hydrogen (secondary N) is 2. The molecule has 0 aromatic heterocycles. The van der Waals surface area contributed by atoms with Crippen LogP contribution in [0.5, 0.6) is 0 Å². The second-order valence-corrected chi connectivity index (χ2v) is 13.2. The number of rotatable bonds is 6. The van der Waals surface area contributed by atoms with Gasteiger partial charge in [0.1, 0.15) is 0 Å². The highest BCUT2D eigenvalue weighted by atomic mass is 32.2. The van der Waals surface area contributed by atoms with Crippen LogP contribution in [0.2, 0.25) is 0 Å². The number of aryl methyl sites for hydroxylation is 2. The molecule has 0 aliphatic heterocycles. The molecule has 8 nitrogen and oxygen atoms in total. The van der Waals surface area contributed by atoms with Gasteiger partial charge in [0.15, 0.2) is 0 Å². The number of allylic oxidation sites excluding steroid dienone is 4. The van der Waals surface area contributed by atoms with Crippen LogP contribution in [0.3, 0.4) is 0 Å². The van der Waals surface area contributed by atoms with Crippen molar-refractivity contribution in [2.45, 2.75) is 23.6 Å². The Bertz CT molecular complexity index is 1400. The van der Waals surface area contributed by atoms with E-state index in [2.05, 4.69) is 44.2 Å². The highest BCUT2D eigenvalue weighted by Crippen LogP contribution is 2.60. The van der Waals surface area contributed by atoms with E-state index in [0.29, 0.717) is 0 Å². The van der Waals surface area contributed by atoms with Crippen molar-refractivity contribution >= 4 is 31.5 Å². The molecular weight excluding hydrogens is 496 g/mol. The average molecular weight is 523 g/mol. The quantitative estimate of drug-likeness (QED) is 0.448. The summed E-state index contributed by atoms with van der Waals surface area (Å²) in [6.07, 6.45) is 8.23. The maximum Gasteiger partial charge on any atom is 0.276 e. The molecule has 6 atom stereocenters. The Kier molecular flexibility index (Phi) is 5.24. The zero-order valence-corrected chi connectivity index (χ0v) is 21.4. The molecule has 0 saturated heterocycles. The van der Waals surface area contributed by atoms with Gasteiger partial charge in [-0.15, -0.1) is 0 Å². The van der Waals surface area contributed by atoms with E-state index in [1.807, 2.05) is 13.8 Å². The van der Waals surface area contributed by atoms with Gasteiger partial charge in [0, 0.05) is 23.7 Å². The van der Waals surface area contributed by atoms with Crippen LogP contribution >= 0.6 is 0 Å². The Labute approximate surface area is 211 Å². The van der Waals surface area contributed by atoms with Crippen LogP contribution < -0.4 is 9.66 Å². The predicted molar refractivity (Wildman–Crippen MR) is 137 cm³/mol. The number of hydrazone groups is 2. The topological polar surface area (TPSA) is 117 Å². The zero-order valence-electron chi connectivity index (χ0n) is 19.7. The molecule has 0 heterocycles. The molecule has 10 heteroatoms. The molecule has 36 heavy (non-hydrogen) atoms. The number of nitrogens with zero attached hydrogens (tertiary/aromatic N) is 2. The second kappa shape index (κ2) is 8.14. The van der Waals surface area contributed by atoms with Crippen molar-refractivity contribution in [3.05, 3.63) is 84.0 Å². The minimum absolute atomic E-state index is 0.0143. The minimum atomic E-state index is -3.78. The van der Waals surface area contributed by atoms with E-state index in [-0.39, 0.29) is 45.3 Å². The van der Waals surface area contributed by atoms with Gasteiger partial charge in [-0.2, -0.15) is 27.0 Å². The van der Waals surface area contributed by atoms with Gasteiger partial charge in [-0.05, 0) is 49.9 Å². The molecule has 6 rings (SSSR count). The van der Waals surface area contributed by atoms with Gasteiger partial charge in [-0.3, -0.25) is 0 Å². The number of hydrogen-bond acceptors (Lipinski definition) is 6. The lowest BCUT2D eigenvalue weighted by atomic mass is 9.88. The summed E-state index contributed by atoms with van der Waals surface area (Å²) in [7, 11) is -7.55. The van der Waals surface area contributed by atoms with Gasteiger partial charge < -0.3 is 0 Å². The van der Waals surface area contributed by atoms with E-state index in [1.165, 1.54) is 0 Å². The smallest absolute Gasteiger partial charge is 0.200 e. The van der Waals surface area contributed by atoms with Crippen molar-refractivity contribution < 1.29 is 16.8 Å². The molecule has 0 radical (unpaired) electrons. The lowest BCUT2D eigenvalue weighted by molar-refractivity contribution is 0.343. The standard InChI is InChI=1S/C26H26N4O4S2/c1-15-3-7-17(8-4-15)35(31,32)29-27-25-19-11-13-21-23(19)24-20(25)12-14-22(24)26(21)28-30-36(33,34)18-9-5-16(2)6-10-18/h3-14,19-24,29-30H,1-2H3/t19-,20-,21+,22+,23?,24?. The fourth-order valence-electron chi connectivity index (χ4n) is 6.09. The van der Waals surface area contributed by atoms with E-state index < -0.39 is 20.0 Å². The maximum absolute atomic E-state index is 12.8. The maximum atomic E-state index is 12.8. The third kappa shape index (κ3) is 3.62. The lowest BCUT2D eigenvalue weighted by Gasteiger charge is -2.14. The van der Waals surface area contributed by atoms with Crippen molar-refractivity contribution in [3.8, 4) is 0 Å². The number of hydrogen-bond donors (Lipinski definition) is 2. The monoisotopic (exact) mass is 522 g/mol. The van der Waals surface area contributed by atoms with E-state index in [4.69, 9.17) is 0 Å². The van der Waals surface area contributed by atoms with Gasteiger partial charge in [0.2, 0.25) is 0 Å². The Balaban J connectivity index is 1.24. The molecule has 0 spiro atoms. The average Bonchev–Trinajstić information content (AvgIpc) is 3.57. The predicted octanol–water partition coefficient (Wildman–Crippen LogP) is 3.14. The van der Waals surface area contributed by atoms with E-state index in [9.17, 15) is 16.8 Å². The largest absolute Gasteiger partial charge is 0.276 e. The first kappa shape index (κ1) is 23.2. The van der Waals surface area contributed by atoms with Gasteiger partial charge in [0.05, 0.1) is 21.2 Å². The minimum Gasteiger partial charge on any atom is -0.200 e. The van der Waals surface area contributed by atoms with Crippen LogP contribution in [0.4, 0.5) is 0 Å². The van der Waals surface area contributed by atoms with Crippen LogP contribution in [0.1, 0.15) is 11.1 Å². The van der Waals surface area contributed by atoms with Crippen molar-refractivity contribution in [3.63, 3.8) is 0 Å². The normalized spacial score (nSPS) is 29.5. The van der Waals surface area contributed by atoms with E-state index in [0.717, 1.165) is 22.6 Å². The van der Waals surface area contributed by atoms with Gasteiger partial charge >= 0.3 is 0 Å². The van der Waals surface area contributed by atoms with Crippen molar-refractivity contribution in [2.75, 3.05) is 0 Å². The summed E-state index contributed by atoms with van der Waals surface area (Å²) in [5.74, 6) is 0.304. The Morgan fingerprint density at radius 3 is 1.17 bits per heavy atom. The third-order valence-corrected chi connectivity index (χ3v) is 10.2. The number of sulfonamides is 2. The molecule has 0 bridgehead atoms. The molecule has 4 aliphatic carbocycles. The molecule has 2 unspecified atom stereocenters. The summed E-state index contributed by atoms with van der Waals surface area (Å²) >= 11 is 0. The molecule has 2 N–H and O–H groups in total. The first-order chi connectivity index (χ1) is 17.2. The molecule has 4 aliphatic rings. The van der Waals surface area contributed by atoms with Crippen LogP contribution in [-0.2, 0) is 20.0 Å². The summed E-state index contributed by atoms with van der Waals surface area (Å²) in [5.41, 5.74) is 3.56. The fourth-order valence-corrected chi connectivity index (χ4v) is 7.74. The summed E-state index contributed by atoms with van der Waals surface area (Å²) in [6.45, 7) is 3.80. The molecule has 2 saturated carbocycles. The molecule has 2 aromatic rings.